The van der Waals surface area contributed by atoms with E-state index in [0.717, 1.165) is 23.0 Å². The van der Waals surface area contributed by atoms with Crippen LogP contribution in [0.5, 0.6) is 0 Å². The fraction of sp³-hybridized carbons (Fsp3) is 0.364. The highest BCUT2D eigenvalue weighted by atomic mass is 16.5. The number of ether oxygens (including phenoxy) is 2. The number of unbranched alkanes of at least 4 members (excludes halogenated alkanes) is 1. The molecule has 0 unspecified atom stereocenters. The van der Waals surface area contributed by atoms with Gasteiger partial charge in [-0.05, 0) is 12.0 Å². The fourth-order valence-corrected chi connectivity index (χ4v) is 2.97. The van der Waals surface area contributed by atoms with Gasteiger partial charge in [0.2, 0.25) is 11.7 Å². The first-order valence-electron chi connectivity index (χ1n) is 10.9. The molecule has 0 saturated carbocycles. The zero-order valence-corrected chi connectivity index (χ0v) is 18.8. The van der Waals surface area contributed by atoms with Crippen molar-refractivity contribution in [1.82, 2.24) is 30.2 Å². The Labute approximate surface area is 195 Å². The summed E-state index contributed by atoms with van der Waals surface area (Å²) in [4.78, 5) is 48.1. The van der Waals surface area contributed by atoms with Crippen LogP contribution < -0.4 is 16.1 Å². The number of hydrogen-bond acceptors (Lipinski definition) is 9. The molecule has 1 amide bonds. The van der Waals surface area contributed by atoms with E-state index in [-0.39, 0.29) is 48.7 Å². The average molecular weight is 470 g/mol. The zero-order chi connectivity index (χ0) is 24.3. The van der Waals surface area contributed by atoms with Crippen molar-refractivity contribution in [3.05, 3.63) is 53.5 Å². The monoisotopic (exact) mass is 469 g/mol. The lowest BCUT2D eigenvalue weighted by atomic mass is 10.2. The van der Waals surface area contributed by atoms with Gasteiger partial charge in [-0.25, -0.2) is 24.1 Å². The van der Waals surface area contributed by atoms with Gasteiger partial charge < -0.3 is 25.1 Å². The summed E-state index contributed by atoms with van der Waals surface area (Å²) in [6.07, 6.45) is 2.51. The number of amides is 1. The summed E-state index contributed by atoms with van der Waals surface area (Å²) in [5.74, 6) is -1.79. The van der Waals surface area contributed by atoms with Crippen LogP contribution in [0.3, 0.4) is 0 Å². The Bertz CT molecular complexity index is 1190. The van der Waals surface area contributed by atoms with Gasteiger partial charge in [0.25, 0.3) is 0 Å². The van der Waals surface area contributed by atoms with Crippen LogP contribution in [0.4, 0.5) is 4.79 Å². The molecule has 0 saturated heterocycles. The second kappa shape index (κ2) is 12.3. The highest BCUT2D eigenvalue weighted by Gasteiger charge is 2.23. The Morgan fingerprint density at radius 3 is 2.71 bits per heavy atom. The summed E-state index contributed by atoms with van der Waals surface area (Å²) in [6.45, 7) is 2.64. The molecule has 1 aromatic carbocycles. The predicted molar refractivity (Wildman–Crippen MR) is 121 cm³/mol. The second-order valence-corrected chi connectivity index (χ2v) is 7.27. The quantitative estimate of drug-likeness (QED) is 0.241. The van der Waals surface area contributed by atoms with E-state index >= 15 is 0 Å². The summed E-state index contributed by atoms with van der Waals surface area (Å²) < 4.78 is 11.2. The van der Waals surface area contributed by atoms with E-state index in [9.17, 15) is 14.4 Å². The van der Waals surface area contributed by atoms with Crippen LogP contribution in [-0.4, -0.2) is 63.7 Å². The number of nitrogens with one attached hydrogen (secondary N) is 4. The smallest absolute Gasteiger partial charge is 0.407 e. The number of esters is 1. The molecule has 0 spiro atoms. The minimum Gasteiger partial charge on any atom is -0.455 e. The SMILES string of the molecule is CCCCOC(=O)NCCNCC(=O)n1c(C(=O)OCc2ccccc2)nc2nc[nH]c2c1=N. The molecule has 3 rings (SSSR count). The molecule has 4 N–H and O–H groups in total. The molecule has 180 valence electrons. The van der Waals surface area contributed by atoms with Gasteiger partial charge in [0.15, 0.2) is 11.1 Å². The Morgan fingerprint density at radius 2 is 1.94 bits per heavy atom. The van der Waals surface area contributed by atoms with Crippen molar-refractivity contribution in [2.24, 2.45) is 0 Å². The number of carbonyl (C=O) groups is 3. The summed E-state index contributed by atoms with van der Waals surface area (Å²) in [5, 5.41) is 13.8. The molecular weight excluding hydrogens is 442 g/mol. The molecule has 2 heterocycles. The van der Waals surface area contributed by atoms with Gasteiger partial charge in [0, 0.05) is 13.1 Å². The third-order valence-electron chi connectivity index (χ3n) is 4.73. The number of aromatic amines is 1. The van der Waals surface area contributed by atoms with E-state index in [2.05, 4.69) is 25.6 Å². The molecule has 12 heteroatoms. The van der Waals surface area contributed by atoms with Crippen LogP contribution in [0.25, 0.3) is 11.2 Å². The van der Waals surface area contributed by atoms with Gasteiger partial charge >= 0.3 is 12.1 Å². The largest absolute Gasteiger partial charge is 0.455 e. The lowest BCUT2D eigenvalue weighted by Crippen LogP contribution is -2.40. The van der Waals surface area contributed by atoms with Crippen molar-refractivity contribution < 1.29 is 23.9 Å². The zero-order valence-electron chi connectivity index (χ0n) is 18.8. The fourth-order valence-electron chi connectivity index (χ4n) is 2.97. The third-order valence-corrected chi connectivity index (χ3v) is 4.73. The van der Waals surface area contributed by atoms with Gasteiger partial charge in [-0.3, -0.25) is 10.2 Å². The number of rotatable bonds is 11. The molecule has 0 fully saturated rings. The topological polar surface area (TPSA) is 164 Å². The average Bonchev–Trinajstić information content (AvgIpc) is 3.32. The molecule has 0 aliphatic rings. The maximum atomic E-state index is 12.9. The van der Waals surface area contributed by atoms with Crippen molar-refractivity contribution in [3.63, 3.8) is 0 Å². The number of hydrogen-bond donors (Lipinski definition) is 4. The Hall–Kier alpha value is -4.06. The summed E-state index contributed by atoms with van der Waals surface area (Å²) in [5.41, 5.74) is 0.838. The van der Waals surface area contributed by atoms with Gasteiger partial charge in [-0.2, -0.15) is 0 Å². The van der Waals surface area contributed by atoms with E-state index in [1.165, 1.54) is 6.33 Å². The molecule has 0 radical (unpaired) electrons. The number of H-pyrrole nitrogens is 1. The standard InChI is InChI=1S/C22H27N7O5/c1-2-3-11-33-22(32)25-10-9-24-12-16(30)29-18(23)17-19(27-14-26-17)28-20(29)21(31)34-13-15-7-5-4-6-8-15/h4-8,14,23-24H,2-3,9-13H2,1H3,(H,25,32)(H,26,27). The van der Waals surface area contributed by atoms with Crippen molar-refractivity contribution in [3.8, 4) is 0 Å². The van der Waals surface area contributed by atoms with Crippen LogP contribution in [0.1, 0.15) is 40.7 Å². The van der Waals surface area contributed by atoms with Gasteiger partial charge in [0.05, 0.1) is 19.5 Å². The number of carbonyl (C=O) groups excluding carboxylic acids is 3. The van der Waals surface area contributed by atoms with E-state index in [0.29, 0.717) is 6.61 Å². The molecule has 3 aromatic rings. The highest BCUT2D eigenvalue weighted by Crippen LogP contribution is 2.07. The Balaban J connectivity index is 1.64. The molecule has 12 nitrogen and oxygen atoms in total. The molecule has 34 heavy (non-hydrogen) atoms. The van der Waals surface area contributed by atoms with Crippen molar-refractivity contribution in [1.29, 1.82) is 5.41 Å². The summed E-state index contributed by atoms with van der Waals surface area (Å²) >= 11 is 0. The molecule has 0 aliphatic carbocycles. The first-order valence-corrected chi connectivity index (χ1v) is 10.9. The molecule has 0 atom stereocenters. The first kappa shape index (κ1) is 24.6. The lowest BCUT2D eigenvalue weighted by molar-refractivity contribution is 0.0445. The maximum Gasteiger partial charge on any atom is 0.407 e. The third kappa shape index (κ3) is 6.48. The van der Waals surface area contributed by atoms with Crippen molar-refractivity contribution in [2.75, 3.05) is 26.2 Å². The molecule has 0 bridgehead atoms. The minimum atomic E-state index is -0.855. The minimum absolute atomic E-state index is 0.0141. The van der Waals surface area contributed by atoms with Crippen LogP contribution in [0.15, 0.2) is 36.7 Å². The van der Waals surface area contributed by atoms with Gasteiger partial charge in [0.1, 0.15) is 12.1 Å². The summed E-state index contributed by atoms with van der Waals surface area (Å²) in [7, 11) is 0. The van der Waals surface area contributed by atoms with Crippen LogP contribution in [-0.2, 0) is 16.1 Å². The van der Waals surface area contributed by atoms with E-state index in [1.807, 2.05) is 25.1 Å². The number of nitrogens with zero attached hydrogens (tertiary/aromatic N) is 3. The van der Waals surface area contributed by atoms with Crippen LogP contribution in [0.2, 0.25) is 0 Å². The maximum absolute atomic E-state index is 12.9. The second-order valence-electron chi connectivity index (χ2n) is 7.27. The number of alkyl carbamates (subject to hydrolysis) is 1. The Morgan fingerprint density at radius 1 is 1.15 bits per heavy atom. The number of aromatic nitrogens is 4. The van der Waals surface area contributed by atoms with Gasteiger partial charge in [-0.15, -0.1) is 0 Å². The number of benzene rings is 1. The molecule has 0 aliphatic heterocycles. The first-order chi connectivity index (χ1) is 16.5. The van der Waals surface area contributed by atoms with Crippen LogP contribution >= 0.6 is 0 Å². The van der Waals surface area contributed by atoms with E-state index in [4.69, 9.17) is 14.9 Å². The normalized spacial score (nSPS) is 10.7. The van der Waals surface area contributed by atoms with Crippen molar-refractivity contribution >= 4 is 29.1 Å². The van der Waals surface area contributed by atoms with E-state index < -0.39 is 18.0 Å². The van der Waals surface area contributed by atoms with Crippen molar-refractivity contribution in [2.45, 2.75) is 26.4 Å². The summed E-state index contributed by atoms with van der Waals surface area (Å²) in [6, 6.07) is 9.06. The lowest BCUT2D eigenvalue weighted by Gasteiger charge is -2.12. The number of imidazole rings is 1. The highest BCUT2D eigenvalue weighted by molar-refractivity contribution is 5.94. The molecule has 2 aromatic heterocycles. The van der Waals surface area contributed by atoms with E-state index in [1.54, 1.807) is 12.1 Å². The number of fused-ring (bicyclic) bond motifs is 1. The Kier molecular flexibility index (Phi) is 8.86. The van der Waals surface area contributed by atoms with Gasteiger partial charge in [-0.1, -0.05) is 43.7 Å². The molecular formula is C22H27N7O5. The van der Waals surface area contributed by atoms with Crippen LogP contribution in [0, 0.1) is 5.41 Å². The predicted octanol–water partition coefficient (Wildman–Crippen LogP) is 1.35.